The van der Waals surface area contributed by atoms with Gasteiger partial charge in [-0.25, -0.2) is 0 Å². The molecule has 1 aromatic heterocycles. The van der Waals surface area contributed by atoms with Crippen molar-refractivity contribution in [1.82, 2.24) is 10.3 Å². The SMILES string of the molecule is CCc1ccc2c(CCNC(C)=O)c(C(C3=C(O)C(c4ccccc4)CC3=O)c3ccccc3)[nH]c2c1. The van der Waals surface area contributed by atoms with Crippen molar-refractivity contribution < 1.29 is 14.7 Å². The predicted octanol–water partition coefficient (Wildman–Crippen LogP) is 6.11. The molecule has 1 aliphatic rings. The first-order valence-corrected chi connectivity index (χ1v) is 12.9. The van der Waals surface area contributed by atoms with Crippen molar-refractivity contribution in [3.63, 3.8) is 0 Å². The number of carbonyl (C=O) groups is 2. The van der Waals surface area contributed by atoms with Crippen LogP contribution in [0.3, 0.4) is 0 Å². The topological polar surface area (TPSA) is 82.2 Å². The van der Waals surface area contributed by atoms with Crippen molar-refractivity contribution in [3.05, 3.63) is 118 Å². The van der Waals surface area contributed by atoms with E-state index in [4.69, 9.17) is 0 Å². The van der Waals surface area contributed by atoms with Gasteiger partial charge in [-0.1, -0.05) is 79.7 Å². The van der Waals surface area contributed by atoms with Crippen LogP contribution in [0.15, 0.2) is 90.2 Å². The Labute approximate surface area is 217 Å². The molecule has 1 aliphatic carbocycles. The molecule has 0 fully saturated rings. The Morgan fingerprint density at radius 1 is 1.05 bits per heavy atom. The smallest absolute Gasteiger partial charge is 0.216 e. The molecule has 3 aromatic carbocycles. The Balaban J connectivity index is 1.71. The molecule has 0 radical (unpaired) electrons. The highest BCUT2D eigenvalue weighted by Crippen LogP contribution is 2.46. The first-order chi connectivity index (χ1) is 18.0. The second-order valence-corrected chi connectivity index (χ2v) is 9.72. The number of benzene rings is 3. The Morgan fingerprint density at radius 2 is 1.76 bits per heavy atom. The number of hydrogen-bond acceptors (Lipinski definition) is 3. The minimum Gasteiger partial charge on any atom is -0.511 e. The van der Waals surface area contributed by atoms with E-state index in [0.29, 0.717) is 18.5 Å². The lowest BCUT2D eigenvalue weighted by Crippen LogP contribution is -2.23. The molecular formula is C32H32N2O3. The van der Waals surface area contributed by atoms with Crippen LogP contribution in [-0.2, 0) is 22.4 Å². The van der Waals surface area contributed by atoms with Crippen LogP contribution in [0.25, 0.3) is 10.9 Å². The van der Waals surface area contributed by atoms with Gasteiger partial charge in [0.1, 0.15) is 5.76 Å². The standard InChI is InChI=1S/C32H32N2O3/c1-3-21-14-15-24-25(16-17-33-20(2)35)31(34-27(24)18-21)29(23-12-8-5-9-13-23)30-28(36)19-26(32(30)37)22-10-6-4-7-11-22/h4-15,18,26,29,34,37H,3,16-17,19H2,1-2H3,(H,33,35). The number of amides is 1. The molecule has 3 N–H and O–H groups in total. The Kier molecular flexibility index (Phi) is 6.95. The first kappa shape index (κ1) is 24.6. The average molecular weight is 493 g/mol. The summed E-state index contributed by atoms with van der Waals surface area (Å²) in [6.45, 7) is 4.12. The number of aromatic nitrogens is 1. The minimum atomic E-state index is -0.452. The fourth-order valence-corrected chi connectivity index (χ4v) is 5.54. The molecule has 1 amide bonds. The van der Waals surface area contributed by atoms with Gasteiger partial charge in [-0.05, 0) is 41.2 Å². The lowest BCUT2D eigenvalue weighted by Gasteiger charge is -2.20. The summed E-state index contributed by atoms with van der Waals surface area (Å²) in [5.41, 5.74) is 6.48. The van der Waals surface area contributed by atoms with Gasteiger partial charge in [-0.2, -0.15) is 0 Å². The van der Waals surface area contributed by atoms with Crippen LogP contribution in [0, 0.1) is 0 Å². The van der Waals surface area contributed by atoms with Gasteiger partial charge in [-0.3, -0.25) is 9.59 Å². The summed E-state index contributed by atoms with van der Waals surface area (Å²) in [6.07, 6.45) is 1.76. The van der Waals surface area contributed by atoms with Gasteiger partial charge >= 0.3 is 0 Å². The molecule has 2 unspecified atom stereocenters. The molecule has 5 nitrogen and oxygen atoms in total. The molecule has 37 heavy (non-hydrogen) atoms. The Morgan fingerprint density at radius 3 is 2.43 bits per heavy atom. The van der Waals surface area contributed by atoms with E-state index >= 15 is 0 Å². The van der Waals surface area contributed by atoms with E-state index in [1.165, 1.54) is 12.5 Å². The van der Waals surface area contributed by atoms with E-state index in [0.717, 1.165) is 39.7 Å². The average Bonchev–Trinajstić information content (AvgIpc) is 3.41. The third kappa shape index (κ3) is 4.82. The molecule has 4 aromatic rings. The van der Waals surface area contributed by atoms with E-state index in [1.54, 1.807) is 0 Å². The molecule has 0 bridgehead atoms. The number of ketones is 1. The van der Waals surface area contributed by atoms with Crippen LogP contribution in [0.4, 0.5) is 0 Å². The largest absolute Gasteiger partial charge is 0.511 e. The number of aryl methyl sites for hydroxylation is 1. The fraction of sp³-hybridized carbons (Fsp3) is 0.250. The molecule has 0 saturated carbocycles. The van der Waals surface area contributed by atoms with E-state index in [9.17, 15) is 14.7 Å². The summed E-state index contributed by atoms with van der Waals surface area (Å²) >= 11 is 0. The molecule has 0 saturated heterocycles. The van der Waals surface area contributed by atoms with Crippen LogP contribution >= 0.6 is 0 Å². The maximum Gasteiger partial charge on any atom is 0.216 e. The molecule has 0 aliphatic heterocycles. The Hall–Kier alpha value is -4.12. The van der Waals surface area contributed by atoms with E-state index < -0.39 is 5.92 Å². The van der Waals surface area contributed by atoms with Crippen molar-refractivity contribution in [3.8, 4) is 0 Å². The summed E-state index contributed by atoms with van der Waals surface area (Å²) in [6, 6.07) is 26.0. The number of hydrogen-bond donors (Lipinski definition) is 3. The zero-order valence-corrected chi connectivity index (χ0v) is 21.3. The van der Waals surface area contributed by atoms with Crippen molar-refractivity contribution in [2.75, 3.05) is 6.54 Å². The first-order valence-electron chi connectivity index (χ1n) is 12.9. The second-order valence-electron chi connectivity index (χ2n) is 9.72. The molecule has 5 rings (SSSR count). The predicted molar refractivity (Wildman–Crippen MR) is 147 cm³/mol. The summed E-state index contributed by atoms with van der Waals surface area (Å²) in [7, 11) is 0. The molecule has 5 heteroatoms. The van der Waals surface area contributed by atoms with E-state index in [1.807, 2.05) is 60.7 Å². The fourth-order valence-electron chi connectivity index (χ4n) is 5.54. The van der Waals surface area contributed by atoms with Gasteiger partial charge in [0.25, 0.3) is 0 Å². The zero-order valence-electron chi connectivity index (χ0n) is 21.3. The summed E-state index contributed by atoms with van der Waals surface area (Å²) in [4.78, 5) is 28.9. The van der Waals surface area contributed by atoms with E-state index in [2.05, 4.69) is 35.4 Å². The van der Waals surface area contributed by atoms with Crippen molar-refractivity contribution in [1.29, 1.82) is 0 Å². The van der Waals surface area contributed by atoms with Crippen LogP contribution in [0.1, 0.15) is 60.1 Å². The van der Waals surface area contributed by atoms with Gasteiger partial charge in [0.05, 0.1) is 5.92 Å². The van der Waals surface area contributed by atoms with Crippen molar-refractivity contribution in [2.24, 2.45) is 0 Å². The monoisotopic (exact) mass is 492 g/mol. The number of nitrogens with one attached hydrogen (secondary N) is 2. The van der Waals surface area contributed by atoms with Gasteiger partial charge in [-0.15, -0.1) is 0 Å². The molecule has 1 heterocycles. The minimum absolute atomic E-state index is 0.0408. The number of H-pyrrole nitrogens is 1. The molecule has 188 valence electrons. The van der Waals surface area contributed by atoms with Crippen LogP contribution in [-0.4, -0.2) is 28.3 Å². The quantitative estimate of drug-likeness (QED) is 0.278. The van der Waals surface area contributed by atoms with Crippen LogP contribution in [0.5, 0.6) is 0 Å². The highest BCUT2D eigenvalue weighted by atomic mass is 16.3. The lowest BCUT2D eigenvalue weighted by atomic mass is 9.84. The van der Waals surface area contributed by atoms with Gasteiger partial charge < -0.3 is 15.4 Å². The lowest BCUT2D eigenvalue weighted by molar-refractivity contribution is -0.119. The number of aliphatic hydroxyl groups excluding tert-OH is 1. The highest BCUT2D eigenvalue weighted by molar-refractivity contribution is 6.02. The van der Waals surface area contributed by atoms with Crippen LogP contribution in [0.2, 0.25) is 0 Å². The van der Waals surface area contributed by atoms with Crippen molar-refractivity contribution in [2.45, 2.75) is 44.9 Å². The maximum atomic E-state index is 13.6. The second kappa shape index (κ2) is 10.5. The highest BCUT2D eigenvalue weighted by Gasteiger charge is 2.40. The number of rotatable bonds is 8. The van der Waals surface area contributed by atoms with Gasteiger partial charge in [0.15, 0.2) is 5.78 Å². The Bertz CT molecular complexity index is 1470. The van der Waals surface area contributed by atoms with Gasteiger partial charge in [0, 0.05) is 48.0 Å². The number of allylic oxidation sites excluding steroid dienone is 2. The summed E-state index contributed by atoms with van der Waals surface area (Å²) in [5.74, 6) is -0.779. The van der Waals surface area contributed by atoms with E-state index in [-0.39, 0.29) is 29.8 Å². The number of fused-ring (bicyclic) bond motifs is 1. The maximum absolute atomic E-state index is 13.6. The summed E-state index contributed by atoms with van der Waals surface area (Å²) in [5, 5.41) is 15.5. The number of carbonyl (C=O) groups excluding carboxylic acids is 2. The summed E-state index contributed by atoms with van der Waals surface area (Å²) < 4.78 is 0. The zero-order chi connectivity index (χ0) is 25.9. The normalized spacial score (nSPS) is 16.4. The number of aliphatic hydroxyl groups is 1. The molecular weight excluding hydrogens is 460 g/mol. The van der Waals surface area contributed by atoms with Crippen LogP contribution < -0.4 is 5.32 Å². The molecule has 2 atom stereocenters. The number of aromatic amines is 1. The third-order valence-corrected chi connectivity index (χ3v) is 7.37. The van der Waals surface area contributed by atoms with Gasteiger partial charge in [0.2, 0.25) is 5.91 Å². The third-order valence-electron chi connectivity index (χ3n) is 7.37. The molecule has 0 spiro atoms. The van der Waals surface area contributed by atoms with Crippen molar-refractivity contribution >= 4 is 22.6 Å². The number of Topliss-reactive ketones (excluding diaryl/α,β-unsaturated/α-hetero) is 1.